The summed E-state index contributed by atoms with van der Waals surface area (Å²) in [6, 6.07) is 0.846. The number of hydrogen-bond acceptors (Lipinski definition) is 4. The average Bonchev–Trinajstić information content (AvgIpc) is 2.93. The molecule has 1 saturated carbocycles. The number of amides is 1. The third-order valence-electron chi connectivity index (χ3n) is 6.88. The number of nitrogens with zero attached hydrogens (tertiary/aromatic N) is 2. The molecule has 5 heteroatoms. The van der Waals surface area contributed by atoms with Crippen LogP contribution in [0.25, 0.3) is 0 Å². The molecule has 0 aromatic rings. The fourth-order valence-corrected chi connectivity index (χ4v) is 5.32. The first kappa shape index (κ1) is 19.0. The van der Waals surface area contributed by atoms with E-state index >= 15 is 0 Å². The molecule has 0 radical (unpaired) electrons. The second-order valence-electron chi connectivity index (χ2n) is 9.65. The fourth-order valence-electron chi connectivity index (χ4n) is 5.32. The smallest absolute Gasteiger partial charge is 0.241 e. The van der Waals surface area contributed by atoms with Crippen LogP contribution in [0.1, 0.15) is 52.9 Å². The Bertz CT molecular complexity index is 632. The van der Waals surface area contributed by atoms with Crippen molar-refractivity contribution < 1.29 is 4.79 Å². The van der Waals surface area contributed by atoms with E-state index < -0.39 is 0 Å². The van der Waals surface area contributed by atoms with Gasteiger partial charge in [-0.3, -0.25) is 9.69 Å². The van der Waals surface area contributed by atoms with Crippen molar-refractivity contribution in [2.45, 2.75) is 65.0 Å². The number of piperazine rings is 1. The summed E-state index contributed by atoms with van der Waals surface area (Å²) in [4.78, 5) is 17.6. The van der Waals surface area contributed by atoms with Gasteiger partial charge in [0.05, 0.1) is 6.54 Å². The van der Waals surface area contributed by atoms with Crippen LogP contribution in [0.2, 0.25) is 0 Å². The van der Waals surface area contributed by atoms with Crippen molar-refractivity contribution in [1.82, 2.24) is 20.4 Å². The summed E-state index contributed by atoms with van der Waals surface area (Å²) in [6.45, 7) is 10.9. The normalized spacial score (nSPS) is 31.7. The molecule has 2 atom stereocenters. The summed E-state index contributed by atoms with van der Waals surface area (Å²) in [6.07, 6.45) is 11.3. The molecule has 1 amide bonds. The molecule has 2 saturated heterocycles. The first-order chi connectivity index (χ1) is 12.9. The lowest BCUT2D eigenvalue weighted by molar-refractivity contribution is -0.130. The van der Waals surface area contributed by atoms with Gasteiger partial charge in [0.2, 0.25) is 5.91 Å². The highest BCUT2D eigenvalue weighted by Gasteiger charge is 2.43. The number of rotatable bonds is 3. The topological polar surface area (TPSA) is 47.6 Å². The van der Waals surface area contributed by atoms with Gasteiger partial charge in [-0.2, -0.15) is 0 Å². The molecule has 4 aliphatic rings. The monoisotopic (exact) mass is 372 g/mol. The Hall–Kier alpha value is -1.33. The van der Waals surface area contributed by atoms with Gasteiger partial charge < -0.3 is 15.5 Å². The number of nitrogens with one attached hydrogen (secondary N) is 2. The lowest BCUT2D eigenvalue weighted by Crippen LogP contribution is -2.52. The van der Waals surface area contributed by atoms with E-state index in [0.29, 0.717) is 24.5 Å². The van der Waals surface area contributed by atoms with E-state index in [4.69, 9.17) is 0 Å². The average molecular weight is 373 g/mol. The van der Waals surface area contributed by atoms with Crippen molar-refractivity contribution in [3.8, 4) is 0 Å². The standard InChI is InChI=1S/C22H36N4O/c1-16-13-25(10-9-23-16)14-21(27)26-15-22(2,3)18-12-24-19(11-20(18)26)17-7-5-4-6-8-17/h11-12,16-17,19,23-24H,4-10,13-15H2,1-3H3. The maximum Gasteiger partial charge on any atom is 0.241 e. The van der Waals surface area contributed by atoms with Crippen molar-refractivity contribution in [1.29, 1.82) is 0 Å². The van der Waals surface area contributed by atoms with Crippen LogP contribution in [0.4, 0.5) is 0 Å². The molecule has 27 heavy (non-hydrogen) atoms. The zero-order valence-corrected chi connectivity index (χ0v) is 17.3. The Morgan fingerprint density at radius 3 is 2.78 bits per heavy atom. The van der Waals surface area contributed by atoms with Crippen molar-refractivity contribution in [3.63, 3.8) is 0 Å². The van der Waals surface area contributed by atoms with Gasteiger partial charge in [0, 0.05) is 55.6 Å². The fraction of sp³-hybridized carbons (Fsp3) is 0.773. The zero-order chi connectivity index (χ0) is 19.0. The first-order valence-electron chi connectivity index (χ1n) is 10.9. The highest BCUT2D eigenvalue weighted by atomic mass is 16.2. The van der Waals surface area contributed by atoms with Gasteiger partial charge in [-0.15, -0.1) is 0 Å². The maximum absolute atomic E-state index is 13.2. The molecular formula is C22H36N4O. The maximum atomic E-state index is 13.2. The number of hydrogen-bond donors (Lipinski definition) is 2. The Labute approximate surface area is 164 Å². The van der Waals surface area contributed by atoms with Gasteiger partial charge in [0.15, 0.2) is 0 Å². The van der Waals surface area contributed by atoms with Crippen LogP contribution >= 0.6 is 0 Å². The number of carbonyl (C=O) groups is 1. The first-order valence-corrected chi connectivity index (χ1v) is 10.9. The number of allylic oxidation sites excluding steroid dienone is 1. The number of likely N-dealkylation sites (tertiary alicyclic amines) is 1. The molecule has 3 aliphatic heterocycles. The molecular weight excluding hydrogens is 336 g/mol. The molecule has 3 heterocycles. The third kappa shape index (κ3) is 3.95. The van der Waals surface area contributed by atoms with Crippen LogP contribution in [0.5, 0.6) is 0 Å². The lowest BCUT2D eigenvalue weighted by atomic mass is 9.80. The zero-order valence-electron chi connectivity index (χ0n) is 17.3. The largest absolute Gasteiger partial charge is 0.384 e. The second kappa shape index (κ2) is 7.59. The van der Waals surface area contributed by atoms with Crippen molar-refractivity contribution in [2.75, 3.05) is 32.7 Å². The second-order valence-corrected chi connectivity index (χ2v) is 9.65. The minimum Gasteiger partial charge on any atom is -0.384 e. The minimum absolute atomic E-state index is 0.0166. The molecule has 2 unspecified atom stereocenters. The molecule has 0 bridgehead atoms. The van der Waals surface area contributed by atoms with E-state index in [-0.39, 0.29) is 11.3 Å². The van der Waals surface area contributed by atoms with Crippen molar-refractivity contribution in [3.05, 3.63) is 23.5 Å². The van der Waals surface area contributed by atoms with Crippen LogP contribution in [0.3, 0.4) is 0 Å². The van der Waals surface area contributed by atoms with E-state index in [1.165, 1.54) is 43.4 Å². The summed E-state index contributed by atoms with van der Waals surface area (Å²) in [5.41, 5.74) is 2.50. The third-order valence-corrected chi connectivity index (χ3v) is 6.88. The molecule has 4 rings (SSSR count). The van der Waals surface area contributed by atoms with Crippen LogP contribution in [-0.2, 0) is 4.79 Å². The molecule has 2 N–H and O–H groups in total. The van der Waals surface area contributed by atoms with Gasteiger partial charge >= 0.3 is 0 Å². The van der Waals surface area contributed by atoms with E-state index in [2.05, 4.69) is 53.5 Å². The van der Waals surface area contributed by atoms with Crippen molar-refractivity contribution in [2.24, 2.45) is 11.3 Å². The van der Waals surface area contributed by atoms with Gasteiger partial charge in [0.1, 0.15) is 0 Å². The van der Waals surface area contributed by atoms with E-state index in [1.807, 2.05) is 0 Å². The molecule has 5 nitrogen and oxygen atoms in total. The van der Waals surface area contributed by atoms with Gasteiger partial charge in [-0.25, -0.2) is 0 Å². The highest BCUT2D eigenvalue weighted by molar-refractivity contribution is 5.82. The number of dihydropyridines is 1. The Balaban J connectivity index is 1.50. The van der Waals surface area contributed by atoms with Gasteiger partial charge in [0.25, 0.3) is 0 Å². The summed E-state index contributed by atoms with van der Waals surface area (Å²) in [5, 5.41) is 7.13. The van der Waals surface area contributed by atoms with E-state index in [1.54, 1.807) is 0 Å². The molecule has 1 aliphatic carbocycles. The van der Waals surface area contributed by atoms with Crippen LogP contribution < -0.4 is 10.6 Å². The van der Waals surface area contributed by atoms with E-state index in [9.17, 15) is 4.79 Å². The Morgan fingerprint density at radius 2 is 2.04 bits per heavy atom. The predicted octanol–water partition coefficient (Wildman–Crippen LogP) is 2.47. The summed E-state index contributed by atoms with van der Waals surface area (Å²) >= 11 is 0. The van der Waals surface area contributed by atoms with E-state index in [0.717, 1.165) is 26.2 Å². The molecule has 0 aromatic heterocycles. The molecule has 0 aromatic carbocycles. The van der Waals surface area contributed by atoms with Gasteiger partial charge in [-0.05, 0) is 37.3 Å². The van der Waals surface area contributed by atoms with Crippen LogP contribution in [0, 0.1) is 11.3 Å². The Kier molecular flexibility index (Phi) is 5.34. The summed E-state index contributed by atoms with van der Waals surface area (Å²) < 4.78 is 0. The number of carbonyl (C=O) groups excluding carboxylic acids is 1. The predicted molar refractivity (Wildman–Crippen MR) is 109 cm³/mol. The quantitative estimate of drug-likeness (QED) is 0.799. The highest BCUT2D eigenvalue weighted by Crippen LogP contribution is 2.44. The molecule has 150 valence electrons. The minimum atomic E-state index is 0.0166. The molecule has 3 fully saturated rings. The van der Waals surface area contributed by atoms with Crippen molar-refractivity contribution >= 4 is 5.91 Å². The number of fused-ring (bicyclic) bond motifs is 1. The summed E-state index contributed by atoms with van der Waals surface area (Å²) in [7, 11) is 0. The molecule has 0 spiro atoms. The summed E-state index contributed by atoms with van der Waals surface area (Å²) in [5.74, 6) is 0.967. The Morgan fingerprint density at radius 1 is 1.26 bits per heavy atom. The van der Waals surface area contributed by atoms with Crippen LogP contribution in [0.15, 0.2) is 23.5 Å². The SMILES string of the molecule is CC1CN(CC(=O)N2CC(C)(C)C3=CNC(C4CCCCC4)C=C32)CCN1. The lowest BCUT2D eigenvalue weighted by Gasteiger charge is -2.34. The van der Waals surface area contributed by atoms with Crippen LogP contribution in [-0.4, -0.2) is 60.5 Å². The van der Waals surface area contributed by atoms with Gasteiger partial charge in [-0.1, -0.05) is 33.1 Å².